The number of carbonyl (C=O) groups is 2. The number of amides is 1. The van der Waals surface area contributed by atoms with Crippen LogP contribution < -0.4 is 5.32 Å². The number of rotatable bonds is 8. The molecule has 0 atom stereocenters. The maximum atomic E-state index is 12.5. The first-order chi connectivity index (χ1) is 12.8. The minimum Gasteiger partial charge on any atom is -0.356 e. The first-order valence-corrected chi connectivity index (χ1v) is 8.84. The fraction of sp³-hybridized carbons (Fsp3) is 0.333. The van der Waals surface area contributed by atoms with Crippen LogP contribution in [0.2, 0.25) is 0 Å². The van der Waals surface area contributed by atoms with Gasteiger partial charge in [-0.3, -0.25) is 9.59 Å². The number of hydrogen-bond donors (Lipinski definition) is 1. The fourth-order valence-corrected chi connectivity index (χ4v) is 2.59. The number of nitrogens with one attached hydrogen (secondary N) is 1. The van der Waals surface area contributed by atoms with E-state index in [0.717, 1.165) is 24.1 Å². The van der Waals surface area contributed by atoms with E-state index in [9.17, 15) is 22.8 Å². The summed E-state index contributed by atoms with van der Waals surface area (Å²) in [7, 11) is 0. The Bertz CT molecular complexity index is 766. The molecule has 0 aliphatic carbocycles. The van der Waals surface area contributed by atoms with Gasteiger partial charge >= 0.3 is 6.18 Å². The largest absolute Gasteiger partial charge is 0.416 e. The molecule has 0 aliphatic rings. The van der Waals surface area contributed by atoms with Gasteiger partial charge in [-0.05, 0) is 36.1 Å². The highest BCUT2D eigenvalue weighted by molar-refractivity contribution is 5.97. The summed E-state index contributed by atoms with van der Waals surface area (Å²) < 4.78 is 37.5. The standard InChI is InChI=1S/C21H22F3NO2/c1-2-15-3-7-17(8-4-15)19(26)11-12-20(27)25-14-13-16-5-9-18(10-6-16)21(22,23)24/h3-10H,2,11-14H2,1H3,(H,25,27). The van der Waals surface area contributed by atoms with Gasteiger partial charge in [0.2, 0.25) is 5.91 Å². The quantitative estimate of drug-likeness (QED) is 0.684. The molecular formula is C21H22F3NO2. The number of hydrogen-bond acceptors (Lipinski definition) is 2. The number of alkyl halides is 3. The monoisotopic (exact) mass is 377 g/mol. The van der Waals surface area contributed by atoms with Gasteiger partial charge in [0.25, 0.3) is 0 Å². The van der Waals surface area contributed by atoms with Gasteiger partial charge < -0.3 is 5.32 Å². The molecule has 0 bridgehead atoms. The molecule has 2 rings (SSSR count). The van der Waals surface area contributed by atoms with Crippen LogP contribution in [-0.4, -0.2) is 18.2 Å². The fourth-order valence-electron chi connectivity index (χ4n) is 2.59. The summed E-state index contributed by atoms with van der Waals surface area (Å²) in [5, 5.41) is 2.69. The van der Waals surface area contributed by atoms with Crippen molar-refractivity contribution in [1.29, 1.82) is 0 Å². The van der Waals surface area contributed by atoms with E-state index < -0.39 is 11.7 Å². The normalized spacial score (nSPS) is 11.3. The maximum absolute atomic E-state index is 12.5. The SMILES string of the molecule is CCc1ccc(C(=O)CCC(=O)NCCc2ccc(C(F)(F)F)cc2)cc1. The van der Waals surface area contributed by atoms with Crippen molar-refractivity contribution in [2.24, 2.45) is 0 Å². The van der Waals surface area contributed by atoms with E-state index in [1.54, 1.807) is 12.1 Å². The molecule has 0 aliphatic heterocycles. The van der Waals surface area contributed by atoms with E-state index in [0.29, 0.717) is 24.1 Å². The van der Waals surface area contributed by atoms with Gasteiger partial charge in [-0.2, -0.15) is 13.2 Å². The summed E-state index contributed by atoms with van der Waals surface area (Å²) in [5.41, 5.74) is 1.74. The zero-order valence-corrected chi connectivity index (χ0v) is 15.1. The molecule has 3 nitrogen and oxygen atoms in total. The molecule has 0 fully saturated rings. The van der Waals surface area contributed by atoms with Gasteiger partial charge in [0.15, 0.2) is 5.78 Å². The van der Waals surface area contributed by atoms with E-state index in [-0.39, 0.29) is 24.5 Å². The molecule has 2 aromatic rings. The number of carbonyl (C=O) groups excluding carboxylic acids is 2. The van der Waals surface area contributed by atoms with Crippen molar-refractivity contribution < 1.29 is 22.8 Å². The third-order valence-electron chi connectivity index (χ3n) is 4.28. The summed E-state index contributed by atoms with van der Waals surface area (Å²) in [4.78, 5) is 23.9. The first kappa shape index (κ1) is 20.7. The lowest BCUT2D eigenvalue weighted by Crippen LogP contribution is -2.26. The molecule has 0 heterocycles. The van der Waals surface area contributed by atoms with E-state index in [2.05, 4.69) is 5.32 Å². The summed E-state index contributed by atoms with van der Waals surface area (Å²) in [6.07, 6.45) is -2.82. The molecule has 1 amide bonds. The molecule has 0 aromatic heterocycles. The van der Waals surface area contributed by atoms with Gasteiger partial charge in [0.1, 0.15) is 0 Å². The van der Waals surface area contributed by atoms with Crippen LogP contribution in [0.4, 0.5) is 13.2 Å². The molecule has 0 saturated carbocycles. The minimum atomic E-state index is -4.35. The molecular weight excluding hydrogens is 355 g/mol. The van der Waals surface area contributed by atoms with Crippen molar-refractivity contribution in [3.05, 3.63) is 70.8 Å². The first-order valence-electron chi connectivity index (χ1n) is 8.84. The second kappa shape index (κ2) is 9.35. The molecule has 0 spiro atoms. The Labute approximate surface area is 156 Å². The maximum Gasteiger partial charge on any atom is 0.416 e. The molecule has 0 radical (unpaired) electrons. The number of benzene rings is 2. The smallest absolute Gasteiger partial charge is 0.356 e. The zero-order valence-electron chi connectivity index (χ0n) is 15.1. The average molecular weight is 377 g/mol. The van der Waals surface area contributed by atoms with E-state index in [1.807, 2.05) is 19.1 Å². The predicted octanol–water partition coefficient (Wildman–Crippen LogP) is 4.59. The van der Waals surface area contributed by atoms with Crippen LogP contribution in [0.3, 0.4) is 0 Å². The van der Waals surface area contributed by atoms with Crippen LogP contribution in [0, 0.1) is 0 Å². The van der Waals surface area contributed by atoms with E-state index in [4.69, 9.17) is 0 Å². The van der Waals surface area contributed by atoms with Crippen molar-refractivity contribution in [3.63, 3.8) is 0 Å². The van der Waals surface area contributed by atoms with Gasteiger partial charge in [-0.15, -0.1) is 0 Å². The Kier molecular flexibility index (Phi) is 7.16. The highest BCUT2D eigenvalue weighted by atomic mass is 19.4. The third-order valence-corrected chi connectivity index (χ3v) is 4.28. The third kappa shape index (κ3) is 6.55. The minimum absolute atomic E-state index is 0.0847. The topological polar surface area (TPSA) is 46.2 Å². The summed E-state index contributed by atoms with van der Waals surface area (Å²) >= 11 is 0. The van der Waals surface area contributed by atoms with Crippen LogP contribution in [0.5, 0.6) is 0 Å². The predicted molar refractivity (Wildman–Crippen MR) is 97.5 cm³/mol. The molecule has 144 valence electrons. The Morgan fingerprint density at radius 1 is 0.889 bits per heavy atom. The summed E-state index contributed by atoms with van der Waals surface area (Å²) in [5.74, 6) is -0.337. The summed E-state index contributed by atoms with van der Waals surface area (Å²) in [6, 6.07) is 12.2. The zero-order chi connectivity index (χ0) is 19.9. The van der Waals surface area contributed by atoms with Crippen LogP contribution in [0.15, 0.2) is 48.5 Å². The Morgan fingerprint density at radius 2 is 1.48 bits per heavy atom. The van der Waals surface area contributed by atoms with E-state index in [1.165, 1.54) is 12.1 Å². The van der Waals surface area contributed by atoms with Crippen LogP contribution in [-0.2, 0) is 23.8 Å². The van der Waals surface area contributed by atoms with Crippen molar-refractivity contribution >= 4 is 11.7 Å². The second-order valence-electron chi connectivity index (χ2n) is 6.27. The Balaban J connectivity index is 1.72. The molecule has 2 aromatic carbocycles. The Hall–Kier alpha value is -2.63. The van der Waals surface area contributed by atoms with Crippen LogP contribution in [0.25, 0.3) is 0 Å². The number of aryl methyl sites for hydroxylation is 1. The highest BCUT2D eigenvalue weighted by Gasteiger charge is 2.29. The van der Waals surface area contributed by atoms with Crippen LogP contribution in [0.1, 0.15) is 46.8 Å². The number of ketones is 1. The molecule has 0 unspecified atom stereocenters. The molecule has 1 N–H and O–H groups in total. The van der Waals surface area contributed by atoms with Crippen molar-refractivity contribution in [3.8, 4) is 0 Å². The van der Waals surface area contributed by atoms with Crippen molar-refractivity contribution in [2.45, 2.75) is 38.8 Å². The van der Waals surface area contributed by atoms with Gasteiger partial charge in [0.05, 0.1) is 5.56 Å². The average Bonchev–Trinajstić information content (AvgIpc) is 2.66. The lowest BCUT2D eigenvalue weighted by molar-refractivity contribution is -0.137. The second-order valence-corrected chi connectivity index (χ2v) is 6.27. The van der Waals surface area contributed by atoms with Crippen molar-refractivity contribution in [2.75, 3.05) is 6.54 Å². The van der Waals surface area contributed by atoms with E-state index >= 15 is 0 Å². The number of halogens is 3. The molecule has 0 saturated heterocycles. The van der Waals surface area contributed by atoms with Gasteiger partial charge in [-0.25, -0.2) is 0 Å². The molecule has 6 heteroatoms. The highest BCUT2D eigenvalue weighted by Crippen LogP contribution is 2.29. The lowest BCUT2D eigenvalue weighted by atomic mass is 10.0. The summed E-state index contributed by atoms with van der Waals surface area (Å²) in [6.45, 7) is 2.34. The van der Waals surface area contributed by atoms with Gasteiger partial charge in [0, 0.05) is 24.9 Å². The van der Waals surface area contributed by atoms with Crippen LogP contribution >= 0.6 is 0 Å². The lowest BCUT2D eigenvalue weighted by Gasteiger charge is -2.08. The Morgan fingerprint density at radius 3 is 2.04 bits per heavy atom. The number of Topliss-reactive ketones (excluding diaryl/α,β-unsaturated/α-hetero) is 1. The van der Waals surface area contributed by atoms with Gasteiger partial charge in [-0.1, -0.05) is 43.3 Å². The van der Waals surface area contributed by atoms with Crippen molar-refractivity contribution in [1.82, 2.24) is 5.32 Å². The molecule has 27 heavy (non-hydrogen) atoms.